The highest BCUT2D eigenvalue weighted by Gasteiger charge is 2.42. The van der Waals surface area contributed by atoms with Crippen molar-refractivity contribution in [3.63, 3.8) is 0 Å². The van der Waals surface area contributed by atoms with Crippen molar-refractivity contribution >= 4 is 28.5 Å². The van der Waals surface area contributed by atoms with E-state index in [0.717, 1.165) is 17.3 Å². The molecule has 0 atom stereocenters. The predicted molar refractivity (Wildman–Crippen MR) is 183 cm³/mol. The molecule has 1 aliphatic rings. The minimum absolute atomic E-state index is 0.0420. The Kier molecular flexibility index (Phi) is 16.1. The van der Waals surface area contributed by atoms with Gasteiger partial charge in [0.2, 0.25) is 0 Å². The first-order valence-corrected chi connectivity index (χ1v) is 18.1. The third-order valence-corrected chi connectivity index (χ3v) is 10.1. The molecule has 0 aromatic heterocycles. The zero-order valence-corrected chi connectivity index (χ0v) is 28.0. The lowest BCUT2D eigenvalue weighted by Crippen LogP contribution is -2.32. The van der Waals surface area contributed by atoms with Gasteiger partial charge in [0.1, 0.15) is 0 Å². The fourth-order valence-corrected chi connectivity index (χ4v) is 7.50. The van der Waals surface area contributed by atoms with Gasteiger partial charge in [0.15, 0.2) is 0 Å². The summed E-state index contributed by atoms with van der Waals surface area (Å²) in [5, 5.41) is 20.1. The van der Waals surface area contributed by atoms with Crippen molar-refractivity contribution < 1.29 is 10.0 Å². The molecule has 0 unspecified atom stereocenters. The molecule has 2 aromatic carbocycles. The Hall–Kier alpha value is -1.10. The number of hydrogen-bond acceptors (Lipinski definition) is 2. The van der Waals surface area contributed by atoms with Gasteiger partial charge in [-0.1, -0.05) is 182 Å². The molecule has 0 saturated carbocycles. The van der Waals surface area contributed by atoms with Crippen LogP contribution in [0.4, 0.5) is 0 Å². The highest BCUT2D eigenvalue weighted by molar-refractivity contribution is 9.10. The third-order valence-electron chi connectivity index (χ3n) is 9.56. The van der Waals surface area contributed by atoms with E-state index in [1.165, 1.54) is 151 Å². The van der Waals surface area contributed by atoms with Crippen molar-refractivity contribution in [3.8, 4) is 11.1 Å². The van der Waals surface area contributed by atoms with E-state index in [1.54, 1.807) is 0 Å². The van der Waals surface area contributed by atoms with E-state index in [-0.39, 0.29) is 5.41 Å². The second-order valence-electron chi connectivity index (χ2n) is 12.8. The first-order valence-electron chi connectivity index (χ1n) is 17.3. The Labute approximate surface area is 261 Å². The Balaban J connectivity index is 1.65. The first-order chi connectivity index (χ1) is 20.0. The normalized spacial score (nSPS) is 13.4. The summed E-state index contributed by atoms with van der Waals surface area (Å²) >= 11 is 3.78. The lowest BCUT2D eigenvalue weighted by atomic mass is 9.68. The molecule has 0 bridgehead atoms. The van der Waals surface area contributed by atoms with E-state index in [2.05, 4.69) is 60.1 Å². The van der Waals surface area contributed by atoms with Crippen LogP contribution in [-0.2, 0) is 5.41 Å². The van der Waals surface area contributed by atoms with Gasteiger partial charge in [0, 0.05) is 9.89 Å². The Bertz CT molecular complexity index is 980. The molecule has 0 amide bonds. The van der Waals surface area contributed by atoms with Crippen LogP contribution in [0.15, 0.2) is 40.9 Å². The van der Waals surface area contributed by atoms with Crippen molar-refractivity contribution in [2.45, 2.75) is 161 Å². The highest BCUT2D eigenvalue weighted by Crippen LogP contribution is 2.54. The molecular weight excluding hydrogens is 567 g/mol. The fourth-order valence-electron chi connectivity index (χ4n) is 7.14. The molecule has 0 spiro atoms. The lowest BCUT2D eigenvalue weighted by Gasteiger charge is -2.33. The highest BCUT2D eigenvalue weighted by atomic mass is 79.9. The van der Waals surface area contributed by atoms with Crippen LogP contribution in [0.2, 0.25) is 0 Å². The van der Waals surface area contributed by atoms with E-state index in [1.807, 2.05) is 6.07 Å². The molecule has 0 fully saturated rings. The third kappa shape index (κ3) is 10.5. The number of benzene rings is 2. The van der Waals surface area contributed by atoms with Crippen LogP contribution in [-0.4, -0.2) is 17.2 Å². The monoisotopic (exact) mass is 624 g/mol. The van der Waals surface area contributed by atoms with Gasteiger partial charge >= 0.3 is 7.12 Å². The molecule has 41 heavy (non-hydrogen) atoms. The van der Waals surface area contributed by atoms with E-state index in [0.29, 0.717) is 5.46 Å². The first kappa shape index (κ1) is 34.4. The van der Waals surface area contributed by atoms with Crippen LogP contribution >= 0.6 is 15.9 Å². The van der Waals surface area contributed by atoms with Gasteiger partial charge in [-0.25, -0.2) is 0 Å². The zero-order chi connectivity index (χ0) is 29.3. The molecule has 0 radical (unpaired) electrons. The summed E-state index contributed by atoms with van der Waals surface area (Å²) < 4.78 is 1.14. The second-order valence-corrected chi connectivity index (χ2v) is 13.7. The average molecular weight is 626 g/mol. The van der Waals surface area contributed by atoms with E-state index in [9.17, 15) is 10.0 Å². The zero-order valence-electron chi connectivity index (χ0n) is 26.4. The number of fused-ring (bicyclic) bond motifs is 3. The Morgan fingerprint density at radius 2 is 0.927 bits per heavy atom. The Morgan fingerprint density at radius 1 is 0.537 bits per heavy atom. The van der Waals surface area contributed by atoms with Crippen LogP contribution in [0.5, 0.6) is 0 Å². The van der Waals surface area contributed by atoms with Gasteiger partial charge in [0.05, 0.1) is 0 Å². The van der Waals surface area contributed by atoms with Gasteiger partial charge < -0.3 is 10.0 Å². The van der Waals surface area contributed by atoms with Crippen molar-refractivity contribution in [1.82, 2.24) is 0 Å². The van der Waals surface area contributed by atoms with Crippen molar-refractivity contribution in [2.24, 2.45) is 0 Å². The maximum Gasteiger partial charge on any atom is 0.488 e. The van der Waals surface area contributed by atoms with Crippen LogP contribution < -0.4 is 5.46 Å². The van der Waals surface area contributed by atoms with Crippen LogP contribution in [0.1, 0.15) is 166 Å². The van der Waals surface area contributed by atoms with E-state index < -0.39 is 7.12 Å². The van der Waals surface area contributed by atoms with Crippen molar-refractivity contribution in [3.05, 3.63) is 52.0 Å². The SMILES string of the molecule is CCCCCCCCCCCCC1(CCCCCCCCCCCC)c2cc(Br)ccc2-c2ccc(B(O)O)cc21. The summed E-state index contributed by atoms with van der Waals surface area (Å²) in [5.41, 5.74) is 5.96. The largest absolute Gasteiger partial charge is 0.488 e. The van der Waals surface area contributed by atoms with Gasteiger partial charge in [-0.3, -0.25) is 0 Å². The van der Waals surface area contributed by atoms with Crippen molar-refractivity contribution in [1.29, 1.82) is 0 Å². The summed E-state index contributed by atoms with van der Waals surface area (Å²) in [6.45, 7) is 4.58. The molecule has 2 nitrogen and oxygen atoms in total. The van der Waals surface area contributed by atoms with E-state index >= 15 is 0 Å². The molecule has 228 valence electrons. The molecule has 1 aliphatic carbocycles. The number of unbranched alkanes of at least 4 members (excludes halogenated alkanes) is 18. The van der Waals surface area contributed by atoms with Gasteiger partial charge in [-0.15, -0.1) is 0 Å². The topological polar surface area (TPSA) is 40.5 Å². The minimum atomic E-state index is -1.43. The number of rotatable bonds is 23. The minimum Gasteiger partial charge on any atom is -0.423 e. The quantitative estimate of drug-likeness (QED) is 0.0953. The lowest BCUT2D eigenvalue weighted by molar-refractivity contribution is 0.396. The number of halogens is 1. The standard InChI is InChI=1S/C37H58BBrO2/c1-3-5-7-9-11-13-15-17-19-21-27-37(28-22-20-18-16-14-12-10-8-6-4-2)35-29-31(38(40)41)23-25-33(35)34-26-24-32(39)30-36(34)37/h23-26,29-30,40-41H,3-22,27-28H2,1-2H3. The van der Waals surface area contributed by atoms with Gasteiger partial charge in [-0.05, 0) is 52.7 Å². The summed E-state index contributed by atoms with van der Waals surface area (Å²) in [7, 11) is -1.43. The summed E-state index contributed by atoms with van der Waals surface area (Å²) in [4.78, 5) is 0. The summed E-state index contributed by atoms with van der Waals surface area (Å²) in [5.74, 6) is 0. The molecule has 0 aliphatic heterocycles. The average Bonchev–Trinajstić information content (AvgIpc) is 3.23. The van der Waals surface area contributed by atoms with Gasteiger partial charge in [0.25, 0.3) is 0 Å². The number of hydrogen-bond donors (Lipinski definition) is 2. The maximum absolute atomic E-state index is 10.1. The molecule has 4 heteroatoms. The summed E-state index contributed by atoms with van der Waals surface area (Å²) in [6, 6.07) is 12.9. The maximum atomic E-state index is 10.1. The van der Waals surface area contributed by atoms with Gasteiger partial charge in [-0.2, -0.15) is 0 Å². The molecule has 2 N–H and O–H groups in total. The van der Waals surface area contributed by atoms with Crippen molar-refractivity contribution in [2.75, 3.05) is 0 Å². The Morgan fingerprint density at radius 3 is 1.37 bits per heavy atom. The fraction of sp³-hybridized carbons (Fsp3) is 0.676. The van der Waals surface area contributed by atoms with Crippen LogP contribution in [0.3, 0.4) is 0 Å². The summed E-state index contributed by atoms with van der Waals surface area (Å²) in [6.07, 6.45) is 29.2. The molecular formula is C37H58BBrO2. The molecule has 0 saturated heterocycles. The van der Waals surface area contributed by atoms with Crippen LogP contribution in [0, 0.1) is 0 Å². The molecule has 0 heterocycles. The predicted octanol–water partition coefficient (Wildman–Crippen LogP) is 11.0. The second kappa shape index (κ2) is 19.2. The van der Waals surface area contributed by atoms with Crippen LogP contribution in [0.25, 0.3) is 11.1 Å². The van der Waals surface area contributed by atoms with E-state index in [4.69, 9.17) is 0 Å². The molecule has 2 aromatic rings. The smallest absolute Gasteiger partial charge is 0.423 e. The molecule has 3 rings (SSSR count).